The molecule has 11 rings (SSSR count). The molecule has 0 atom stereocenters. The average molecular weight is 728 g/mol. The lowest BCUT2D eigenvalue weighted by atomic mass is 9.98. The van der Waals surface area contributed by atoms with E-state index < -0.39 is 0 Å². The lowest BCUT2D eigenvalue weighted by molar-refractivity contribution is 0.669. The second-order valence-electron chi connectivity index (χ2n) is 14.4. The molecule has 11 aromatic rings. The predicted molar refractivity (Wildman–Crippen MR) is 235 cm³/mol. The van der Waals surface area contributed by atoms with Crippen LogP contribution in [0.3, 0.4) is 0 Å². The first kappa shape index (κ1) is 32.7. The van der Waals surface area contributed by atoms with Gasteiger partial charge in [-0.25, -0.2) is 15.0 Å². The summed E-state index contributed by atoms with van der Waals surface area (Å²) >= 11 is 0. The van der Waals surface area contributed by atoms with Crippen LogP contribution < -0.4 is 0 Å². The van der Waals surface area contributed by atoms with E-state index in [9.17, 15) is 0 Å². The van der Waals surface area contributed by atoms with Crippen molar-refractivity contribution >= 4 is 43.6 Å². The van der Waals surface area contributed by atoms with Gasteiger partial charge < -0.3 is 4.42 Å². The molecular weight excluding hydrogens is 695 g/mol. The highest BCUT2D eigenvalue weighted by Gasteiger charge is 2.20. The number of furan rings is 1. The van der Waals surface area contributed by atoms with Crippen molar-refractivity contribution in [3.8, 4) is 67.4 Å². The molecule has 0 saturated heterocycles. The molecule has 0 spiro atoms. The van der Waals surface area contributed by atoms with Crippen molar-refractivity contribution in [2.24, 2.45) is 0 Å². The number of aromatic nitrogens is 3. The van der Waals surface area contributed by atoms with Gasteiger partial charge in [0.15, 0.2) is 11.4 Å². The fourth-order valence-electron chi connectivity index (χ4n) is 8.02. The van der Waals surface area contributed by atoms with E-state index in [-0.39, 0.29) is 0 Å². The molecule has 266 valence electrons. The van der Waals surface area contributed by atoms with Crippen molar-refractivity contribution in [2.75, 3.05) is 0 Å². The molecule has 0 unspecified atom stereocenters. The number of nitrogens with zero attached hydrogens (tertiary/aromatic N) is 3. The maximum Gasteiger partial charge on any atom is 0.162 e. The zero-order chi connectivity index (χ0) is 37.7. The van der Waals surface area contributed by atoms with E-state index in [2.05, 4.69) is 176 Å². The third-order valence-corrected chi connectivity index (χ3v) is 10.9. The van der Waals surface area contributed by atoms with E-state index in [0.717, 1.165) is 88.7 Å². The summed E-state index contributed by atoms with van der Waals surface area (Å²) in [6, 6.07) is 69.6. The van der Waals surface area contributed by atoms with Crippen molar-refractivity contribution < 1.29 is 4.42 Å². The topological polar surface area (TPSA) is 51.8 Å². The molecular formula is C53H33N3O. The zero-order valence-electron chi connectivity index (χ0n) is 30.8. The summed E-state index contributed by atoms with van der Waals surface area (Å²) in [5.41, 5.74) is 13.7. The Morgan fingerprint density at radius 3 is 1.46 bits per heavy atom. The van der Waals surface area contributed by atoms with E-state index in [1.54, 1.807) is 0 Å². The average Bonchev–Trinajstić information content (AvgIpc) is 3.69. The van der Waals surface area contributed by atoms with Crippen molar-refractivity contribution in [2.45, 2.75) is 0 Å². The second kappa shape index (κ2) is 13.6. The largest absolute Gasteiger partial charge is 0.454 e. The standard InChI is InChI=1S/C53H33N3O/c1-3-11-34(12-4-1)36-19-23-39(24-20-36)46-33-47(40-25-21-37(22-26-40)35-13-5-2-6-14-35)56-53(55-46)42-29-27-41(28-30-42)51-52-50(44-17-9-10-18-48(44)57-52)49-43-16-8-7-15-38(43)31-32-45(49)54-51/h1-33H. The van der Waals surface area contributed by atoms with E-state index in [1.807, 2.05) is 24.3 Å². The number of rotatable bonds is 6. The summed E-state index contributed by atoms with van der Waals surface area (Å²) in [6.07, 6.45) is 0. The lowest BCUT2D eigenvalue weighted by Gasteiger charge is -2.12. The molecule has 3 aromatic heterocycles. The van der Waals surface area contributed by atoms with E-state index in [1.165, 1.54) is 16.5 Å². The number of hydrogen-bond donors (Lipinski definition) is 0. The second-order valence-corrected chi connectivity index (χ2v) is 14.4. The van der Waals surface area contributed by atoms with E-state index >= 15 is 0 Å². The quantitative estimate of drug-likeness (QED) is 0.160. The number of fused-ring (bicyclic) bond motifs is 7. The summed E-state index contributed by atoms with van der Waals surface area (Å²) in [6.45, 7) is 0. The molecule has 4 heteroatoms. The number of pyridine rings is 1. The Morgan fingerprint density at radius 2 is 0.825 bits per heavy atom. The molecule has 0 N–H and O–H groups in total. The number of hydrogen-bond acceptors (Lipinski definition) is 4. The van der Waals surface area contributed by atoms with E-state index in [4.69, 9.17) is 19.4 Å². The zero-order valence-corrected chi connectivity index (χ0v) is 30.8. The molecule has 0 fully saturated rings. The van der Waals surface area contributed by atoms with Crippen LogP contribution >= 0.6 is 0 Å². The Balaban J connectivity index is 1.03. The van der Waals surface area contributed by atoms with Gasteiger partial charge in [-0.15, -0.1) is 0 Å². The van der Waals surface area contributed by atoms with Crippen LogP contribution in [0.15, 0.2) is 205 Å². The number of benzene rings is 8. The van der Waals surface area contributed by atoms with Crippen LogP contribution in [0.25, 0.3) is 111 Å². The van der Waals surface area contributed by atoms with Gasteiger partial charge in [-0.1, -0.05) is 182 Å². The van der Waals surface area contributed by atoms with Gasteiger partial charge in [0.25, 0.3) is 0 Å². The molecule has 4 nitrogen and oxygen atoms in total. The van der Waals surface area contributed by atoms with Gasteiger partial charge in [0.2, 0.25) is 0 Å². The highest BCUT2D eigenvalue weighted by Crippen LogP contribution is 2.42. The van der Waals surface area contributed by atoms with Crippen LogP contribution in [0.4, 0.5) is 0 Å². The molecule has 8 aromatic carbocycles. The van der Waals surface area contributed by atoms with Crippen LogP contribution in [0.1, 0.15) is 0 Å². The maximum absolute atomic E-state index is 6.63. The van der Waals surface area contributed by atoms with Gasteiger partial charge in [0, 0.05) is 38.4 Å². The fraction of sp³-hybridized carbons (Fsp3) is 0. The van der Waals surface area contributed by atoms with Crippen molar-refractivity contribution in [3.63, 3.8) is 0 Å². The fourth-order valence-corrected chi connectivity index (χ4v) is 8.02. The summed E-state index contributed by atoms with van der Waals surface area (Å²) in [7, 11) is 0. The Hall–Kier alpha value is -7.69. The monoisotopic (exact) mass is 727 g/mol. The van der Waals surface area contributed by atoms with Gasteiger partial charge in [-0.05, 0) is 51.2 Å². The maximum atomic E-state index is 6.63. The third-order valence-electron chi connectivity index (χ3n) is 10.9. The first-order chi connectivity index (χ1) is 28.2. The first-order valence-corrected chi connectivity index (χ1v) is 19.2. The first-order valence-electron chi connectivity index (χ1n) is 19.2. The summed E-state index contributed by atoms with van der Waals surface area (Å²) in [5, 5.41) is 5.62. The van der Waals surface area contributed by atoms with Crippen molar-refractivity contribution in [1.82, 2.24) is 15.0 Å². The Morgan fingerprint density at radius 1 is 0.333 bits per heavy atom. The smallest absolute Gasteiger partial charge is 0.162 e. The highest BCUT2D eigenvalue weighted by molar-refractivity contribution is 6.27. The van der Waals surface area contributed by atoms with Gasteiger partial charge >= 0.3 is 0 Å². The van der Waals surface area contributed by atoms with Gasteiger partial charge in [0.1, 0.15) is 11.3 Å². The predicted octanol–water partition coefficient (Wildman–Crippen LogP) is 14.1. The van der Waals surface area contributed by atoms with Crippen LogP contribution in [0.5, 0.6) is 0 Å². The summed E-state index contributed by atoms with van der Waals surface area (Å²) in [5.74, 6) is 0.653. The highest BCUT2D eigenvalue weighted by atomic mass is 16.3. The molecule has 3 heterocycles. The molecule has 0 aliphatic heterocycles. The van der Waals surface area contributed by atoms with Gasteiger partial charge in [0.05, 0.1) is 16.9 Å². The molecule has 0 saturated carbocycles. The number of para-hydroxylation sites is 1. The van der Waals surface area contributed by atoms with Gasteiger partial charge in [-0.3, -0.25) is 0 Å². The van der Waals surface area contributed by atoms with Gasteiger partial charge in [-0.2, -0.15) is 0 Å². The van der Waals surface area contributed by atoms with Crippen LogP contribution in [0.2, 0.25) is 0 Å². The lowest BCUT2D eigenvalue weighted by Crippen LogP contribution is -1.96. The minimum absolute atomic E-state index is 0.653. The molecule has 57 heavy (non-hydrogen) atoms. The molecule has 0 radical (unpaired) electrons. The summed E-state index contributed by atoms with van der Waals surface area (Å²) in [4.78, 5) is 15.6. The van der Waals surface area contributed by atoms with Crippen molar-refractivity contribution in [3.05, 3.63) is 200 Å². The van der Waals surface area contributed by atoms with Crippen molar-refractivity contribution in [1.29, 1.82) is 0 Å². The Bertz CT molecular complexity index is 3140. The minimum atomic E-state index is 0.653. The minimum Gasteiger partial charge on any atom is -0.454 e. The summed E-state index contributed by atoms with van der Waals surface area (Å²) < 4.78 is 6.63. The molecule has 0 bridgehead atoms. The molecule has 0 amide bonds. The Kier molecular flexibility index (Phi) is 7.78. The van der Waals surface area contributed by atoms with Crippen LogP contribution in [0, 0.1) is 0 Å². The third kappa shape index (κ3) is 5.83. The molecule has 0 aliphatic carbocycles. The van der Waals surface area contributed by atoms with Crippen LogP contribution in [-0.4, -0.2) is 15.0 Å². The van der Waals surface area contributed by atoms with E-state index in [0.29, 0.717) is 5.82 Å². The normalized spacial score (nSPS) is 11.5. The van der Waals surface area contributed by atoms with Crippen LogP contribution in [-0.2, 0) is 0 Å². The SMILES string of the molecule is c1ccc(-c2ccc(-c3cc(-c4ccc(-c5ccccc5)cc4)nc(-c4ccc(-c5nc6ccc7ccccc7c6c6c5oc5ccccc56)cc4)n3)cc2)cc1. The Labute approximate surface area is 329 Å². The molecule has 0 aliphatic rings.